The van der Waals surface area contributed by atoms with E-state index >= 15 is 0 Å². The molecule has 0 aromatic heterocycles. The molecule has 40 heavy (non-hydrogen) atoms. The Balaban J connectivity index is 1.52. The molecule has 0 atom stereocenters. The minimum Gasteiger partial charge on any atom is -0.491 e. The van der Waals surface area contributed by atoms with E-state index in [0.717, 1.165) is 77.5 Å². The van der Waals surface area contributed by atoms with Gasteiger partial charge in [-0.05, 0) is 83.5 Å². The Morgan fingerprint density at radius 2 is 1.73 bits per heavy atom. The number of aliphatic hydroxyl groups excluding tert-OH is 1. The van der Waals surface area contributed by atoms with E-state index < -0.39 is 0 Å². The maximum atomic E-state index is 13.3. The molecule has 0 radical (unpaired) electrons. The molecule has 0 unspecified atom stereocenters. The lowest BCUT2D eigenvalue weighted by Crippen LogP contribution is -2.29. The molecule has 1 amide bonds. The van der Waals surface area contributed by atoms with Crippen LogP contribution in [0.25, 0.3) is 17.2 Å². The quantitative estimate of drug-likeness (QED) is 0.229. The van der Waals surface area contributed by atoms with Crippen LogP contribution in [0.15, 0.2) is 72.3 Å². The van der Waals surface area contributed by atoms with Gasteiger partial charge in [-0.15, -0.1) is 0 Å². The van der Waals surface area contributed by atoms with Crippen molar-refractivity contribution >= 4 is 23.4 Å². The minimum absolute atomic E-state index is 0.0198. The number of benzene rings is 3. The van der Waals surface area contributed by atoms with E-state index in [1.807, 2.05) is 42.5 Å². The predicted molar refractivity (Wildman–Crippen MR) is 164 cm³/mol. The average molecular weight is 543 g/mol. The first kappa shape index (κ1) is 29.4. The molecular weight excluding hydrogens is 500 g/mol. The summed E-state index contributed by atoms with van der Waals surface area (Å²) in [5, 5.41) is 12.3. The fraction of sp³-hybridized carbons (Fsp3) is 0.382. The highest BCUT2D eigenvalue weighted by Gasteiger charge is 2.21. The van der Waals surface area contributed by atoms with E-state index in [1.54, 1.807) is 0 Å². The summed E-state index contributed by atoms with van der Waals surface area (Å²) in [4.78, 5) is 15.7. The number of aliphatic hydroxyl groups is 1. The summed E-state index contributed by atoms with van der Waals surface area (Å²) in [6, 6.07) is 21.9. The number of amides is 1. The van der Waals surface area contributed by atoms with Gasteiger partial charge in [-0.25, -0.2) is 0 Å². The normalized spacial score (nSPS) is 13.0. The van der Waals surface area contributed by atoms with E-state index in [2.05, 4.69) is 61.3 Å². The Morgan fingerprint density at radius 3 is 2.42 bits per heavy atom. The molecule has 1 aliphatic heterocycles. The molecule has 3 aromatic rings. The van der Waals surface area contributed by atoms with Gasteiger partial charge in [-0.3, -0.25) is 4.79 Å². The van der Waals surface area contributed by atoms with Gasteiger partial charge < -0.3 is 24.8 Å². The van der Waals surface area contributed by atoms with Crippen molar-refractivity contribution in [3.8, 4) is 16.9 Å². The van der Waals surface area contributed by atoms with Gasteiger partial charge in [0.1, 0.15) is 12.4 Å². The van der Waals surface area contributed by atoms with Gasteiger partial charge in [0, 0.05) is 36.6 Å². The molecule has 1 heterocycles. The number of anilines is 2. The van der Waals surface area contributed by atoms with Crippen LogP contribution in [0.2, 0.25) is 0 Å². The predicted octanol–water partition coefficient (Wildman–Crippen LogP) is 6.93. The average Bonchev–Trinajstić information content (AvgIpc) is 3.14. The molecule has 0 aliphatic carbocycles. The van der Waals surface area contributed by atoms with Gasteiger partial charge in [0.05, 0.1) is 13.2 Å². The molecular formula is C34H42N2O4. The second-order valence-corrected chi connectivity index (χ2v) is 10.7. The van der Waals surface area contributed by atoms with Crippen LogP contribution in [-0.4, -0.2) is 43.9 Å². The number of nitrogens with one attached hydrogen (secondary N) is 1. The van der Waals surface area contributed by atoms with Crippen LogP contribution >= 0.6 is 0 Å². The number of unbranched alkanes of at least 4 members (excludes halogenated alkanes) is 1. The first-order valence-corrected chi connectivity index (χ1v) is 14.4. The third-order valence-electron chi connectivity index (χ3n) is 6.95. The molecule has 4 rings (SSSR count). The summed E-state index contributed by atoms with van der Waals surface area (Å²) in [6.45, 7) is 10.2. The largest absolute Gasteiger partial charge is 0.491 e. The Morgan fingerprint density at radius 1 is 0.975 bits per heavy atom. The molecule has 2 N–H and O–H groups in total. The maximum Gasteiger partial charge on any atom is 0.251 e. The molecule has 0 fully saturated rings. The standard InChI is InChI=1S/C34H42N2O4/c1-4-5-18-39-19-20-40-32-13-8-27(9-14-32)28-10-15-33-30(21-28)22-29(16-17-36(33)23-25(2)3)34(38)35-31-11-6-26(24-37)7-12-31/h6-15,21-22,25,37H,4-5,16-20,23-24H2,1-3H3,(H,35,38). The molecule has 0 saturated heterocycles. The zero-order valence-electron chi connectivity index (χ0n) is 24.0. The number of hydrogen-bond donors (Lipinski definition) is 2. The first-order chi connectivity index (χ1) is 19.5. The molecule has 0 bridgehead atoms. The summed E-state index contributed by atoms with van der Waals surface area (Å²) in [6.07, 6.45) is 4.90. The van der Waals surface area contributed by atoms with Crippen LogP contribution in [0.1, 0.15) is 51.2 Å². The Bertz CT molecular complexity index is 1270. The van der Waals surface area contributed by atoms with Crippen LogP contribution in [0, 0.1) is 5.92 Å². The Labute approximate surface area is 238 Å². The number of hydrogen-bond acceptors (Lipinski definition) is 5. The monoisotopic (exact) mass is 542 g/mol. The van der Waals surface area contributed by atoms with Gasteiger partial charge in [-0.2, -0.15) is 0 Å². The minimum atomic E-state index is -0.0975. The third-order valence-corrected chi connectivity index (χ3v) is 6.95. The number of nitrogens with zero attached hydrogens (tertiary/aromatic N) is 1. The van der Waals surface area contributed by atoms with E-state index in [4.69, 9.17) is 9.47 Å². The lowest BCUT2D eigenvalue weighted by Gasteiger charge is -2.27. The van der Waals surface area contributed by atoms with Crippen LogP contribution in [-0.2, 0) is 16.1 Å². The summed E-state index contributed by atoms with van der Waals surface area (Å²) >= 11 is 0. The molecule has 212 valence electrons. The van der Waals surface area contributed by atoms with E-state index in [9.17, 15) is 9.90 Å². The number of carbonyl (C=O) groups is 1. The van der Waals surface area contributed by atoms with Gasteiger partial charge >= 0.3 is 0 Å². The topological polar surface area (TPSA) is 71.0 Å². The summed E-state index contributed by atoms with van der Waals surface area (Å²) in [5.74, 6) is 1.23. The number of ether oxygens (including phenoxy) is 2. The lowest BCUT2D eigenvalue weighted by atomic mass is 10.00. The molecule has 6 heteroatoms. The van der Waals surface area contributed by atoms with Crippen LogP contribution < -0.4 is 15.0 Å². The molecule has 3 aromatic carbocycles. The van der Waals surface area contributed by atoms with Crippen LogP contribution in [0.4, 0.5) is 11.4 Å². The maximum absolute atomic E-state index is 13.3. The van der Waals surface area contributed by atoms with Crippen molar-refractivity contribution in [3.05, 3.63) is 83.4 Å². The van der Waals surface area contributed by atoms with Crippen LogP contribution in [0.5, 0.6) is 5.75 Å². The van der Waals surface area contributed by atoms with Crippen molar-refractivity contribution in [2.75, 3.05) is 43.1 Å². The number of rotatable bonds is 13. The zero-order valence-corrected chi connectivity index (χ0v) is 24.0. The van der Waals surface area contributed by atoms with Crippen LogP contribution in [0.3, 0.4) is 0 Å². The fourth-order valence-corrected chi connectivity index (χ4v) is 4.80. The highest BCUT2D eigenvalue weighted by Crippen LogP contribution is 2.33. The smallest absolute Gasteiger partial charge is 0.251 e. The SMILES string of the molecule is CCCCOCCOc1ccc(-c2ccc3c(c2)C=C(C(=O)Nc2ccc(CO)cc2)CCN3CC(C)C)cc1. The van der Waals surface area contributed by atoms with Gasteiger partial charge in [0.25, 0.3) is 5.91 Å². The number of carbonyl (C=O) groups excluding carboxylic acids is 1. The fourth-order valence-electron chi connectivity index (χ4n) is 4.80. The van der Waals surface area contributed by atoms with E-state index in [0.29, 0.717) is 25.6 Å². The summed E-state index contributed by atoms with van der Waals surface area (Å²) in [5.41, 5.74) is 6.66. The molecule has 0 saturated carbocycles. The van der Waals surface area contributed by atoms with Crippen molar-refractivity contribution in [2.24, 2.45) is 5.92 Å². The molecule has 6 nitrogen and oxygen atoms in total. The highest BCUT2D eigenvalue weighted by atomic mass is 16.5. The first-order valence-electron chi connectivity index (χ1n) is 14.4. The number of fused-ring (bicyclic) bond motifs is 1. The third kappa shape index (κ3) is 8.20. The molecule has 1 aliphatic rings. The molecule has 0 spiro atoms. The van der Waals surface area contributed by atoms with Gasteiger partial charge in [0.2, 0.25) is 0 Å². The van der Waals surface area contributed by atoms with Gasteiger partial charge in [0.15, 0.2) is 0 Å². The summed E-state index contributed by atoms with van der Waals surface area (Å²) < 4.78 is 11.4. The lowest BCUT2D eigenvalue weighted by molar-refractivity contribution is -0.112. The van der Waals surface area contributed by atoms with Crippen molar-refractivity contribution in [3.63, 3.8) is 0 Å². The Hall–Kier alpha value is -3.61. The van der Waals surface area contributed by atoms with Crippen molar-refractivity contribution in [1.82, 2.24) is 0 Å². The Kier molecular flexibility index (Phi) is 10.8. The highest BCUT2D eigenvalue weighted by molar-refractivity contribution is 6.07. The second-order valence-electron chi connectivity index (χ2n) is 10.7. The van der Waals surface area contributed by atoms with Crippen molar-refractivity contribution in [1.29, 1.82) is 0 Å². The van der Waals surface area contributed by atoms with E-state index in [1.165, 1.54) is 0 Å². The van der Waals surface area contributed by atoms with E-state index in [-0.39, 0.29) is 12.5 Å². The second kappa shape index (κ2) is 14.7. The zero-order chi connectivity index (χ0) is 28.3. The summed E-state index contributed by atoms with van der Waals surface area (Å²) in [7, 11) is 0. The van der Waals surface area contributed by atoms with Gasteiger partial charge in [-0.1, -0.05) is 57.5 Å². The van der Waals surface area contributed by atoms with Crippen molar-refractivity contribution < 1.29 is 19.4 Å². The van der Waals surface area contributed by atoms with Crippen molar-refractivity contribution in [2.45, 2.75) is 46.6 Å².